The van der Waals surface area contributed by atoms with Crippen LogP contribution in [-0.4, -0.2) is 17.4 Å². The van der Waals surface area contributed by atoms with E-state index in [1.54, 1.807) is 18.2 Å². The summed E-state index contributed by atoms with van der Waals surface area (Å²) in [5, 5.41) is 6.07. The van der Waals surface area contributed by atoms with Crippen LogP contribution in [0.2, 0.25) is 5.02 Å². The molecule has 6 heteroatoms. The molecule has 0 aliphatic carbocycles. The van der Waals surface area contributed by atoms with Gasteiger partial charge in [0.05, 0.1) is 18.1 Å². The Labute approximate surface area is 132 Å². The number of rotatable bonds is 3. The molecular weight excluding hydrogens is 306 g/mol. The Balaban J connectivity index is 2.04. The molecule has 21 heavy (non-hydrogen) atoms. The van der Waals surface area contributed by atoms with E-state index in [0.29, 0.717) is 22.7 Å². The van der Waals surface area contributed by atoms with Gasteiger partial charge in [-0.25, -0.2) is 4.98 Å². The van der Waals surface area contributed by atoms with Crippen LogP contribution in [0, 0.1) is 18.8 Å². The molecule has 108 valence electrons. The fourth-order valence-corrected chi connectivity index (χ4v) is 2.59. The number of thiazole rings is 1. The molecule has 2 rings (SSSR count). The molecule has 1 aromatic heterocycles. The van der Waals surface area contributed by atoms with E-state index in [4.69, 9.17) is 17.3 Å². The molecule has 0 saturated heterocycles. The summed E-state index contributed by atoms with van der Waals surface area (Å²) in [6.07, 6.45) is 0. The lowest BCUT2D eigenvalue weighted by Crippen LogP contribution is -2.22. The first-order valence-electron chi connectivity index (χ1n) is 6.28. The lowest BCUT2D eigenvalue weighted by Gasteiger charge is -2.04. The van der Waals surface area contributed by atoms with E-state index in [1.807, 2.05) is 12.3 Å². The summed E-state index contributed by atoms with van der Waals surface area (Å²) in [6.45, 7) is 2.60. The van der Waals surface area contributed by atoms with E-state index >= 15 is 0 Å². The fraction of sp³-hybridized carbons (Fsp3) is 0.200. The number of carbonyl (C=O) groups excluding carboxylic acids is 1. The van der Waals surface area contributed by atoms with Crippen LogP contribution in [-0.2, 0) is 6.54 Å². The molecule has 1 amide bonds. The van der Waals surface area contributed by atoms with Crippen molar-refractivity contribution in [3.8, 4) is 11.8 Å². The van der Waals surface area contributed by atoms with Gasteiger partial charge in [-0.2, -0.15) is 0 Å². The third-order valence-corrected chi connectivity index (χ3v) is 3.90. The Morgan fingerprint density at radius 1 is 1.52 bits per heavy atom. The van der Waals surface area contributed by atoms with Crippen molar-refractivity contribution in [1.82, 2.24) is 10.3 Å². The molecule has 1 aromatic carbocycles. The number of amides is 1. The third kappa shape index (κ3) is 4.30. The van der Waals surface area contributed by atoms with Crippen LogP contribution in [0.3, 0.4) is 0 Å². The highest BCUT2D eigenvalue weighted by atomic mass is 35.5. The number of nitrogens with zero attached hydrogens (tertiary/aromatic N) is 1. The lowest BCUT2D eigenvalue weighted by atomic mass is 10.1. The van der Waals surface area contributed by atoms with Gasteiger partial charge in [-0.05, 0) is 25.1 Å². The molecule has 2 aromatic rings. The van der Waals surface area contributed by atoms with Crippen LogP contribution < -0.4 is 11.1 Å². The number of halogens is 1. The zero-order valence-electron chi connectivity index (χ0n) is 11.4. The normalized spacial score (nSPS) is 9.86. The number of hydrogen-bond donors (Lipinski definition) is 2. The summed E-state index contributed by atoms with van der Waals surface area (Å²) in [4.78, 5) is 16.3. The molecule has 3 N–H and O–H groups in total. The standard InChI is InChI=1S/C15H14ClN3OS/c1-10-9-21-14(19-10)8-18-15(20)12-5-4-11(3-2-6-17)13(16)7-12/h4-5,7,9H,6,8,17H2,1H3,(H,18,20). The first-order valence-corrected chi connectivity index (χ1v) is 7.53. The molecule has 0 unspecified atom stereocenters. The number of aromatic nitrogens is 1. The average Bonchev–Trinajstić information content (AvgIpc) is 2.89. The van der Waals surface area contributed by atoms with E-state index in [0.717, 1.165) is 10.7 Å². The highest BCUT2D eigenvalue weighted by Crippen LogP contribution is 2.17. The lowest BCUT2D eigenvalue weighted by molar-refractivity contribution is 0.0951. The number of nitrogens with one attached hydrogen (secondary N) is 1. The van der Waals surface area contributed by atoms with Gasteiger partial charge in [-0.1, -0.05) is 23.4 Å². The summed E-state index contributed by atoms with van der Waals surface area (Å²) in [7, 11) is 0. The van der Waals surface area contributed by atoms with Gasteiger partial charge in [0.2, 0.25) is 0 Å². The van der Waals surface area contributed by atoms with Crippen LogP contribution >= 0.6 is 22.9 Å². The van der Waals surface area contributed by atoms with Gasteiger partial charge in [0.1, 0.15) is 5.01 Å². The summed E-state index contributed by atoms with van der Waals surface area (Å²) >= 11 is 7.62. The zero-order chi connectivity index (χ0) is 15.2. The minimum Gasteiger partial charge on any atom is -0.346 e. The Hall–Kier alpha value is -1.87. The third-order valence-electron chi connectivity index (χ3n) is 2.62. The average molecular weight is 320 g/mol. The van der Waals surface area contributed by atoms with Gasteiger partial charge in [0.15, 0.2) is 0 Å². The van der Waals surface area contributed by atoms with Crippen LogP contribution in [0.4, 0.5) is 0 Å². The molecule has 1 heterocycles. The number of nitrogens with two attached hydrogens (primary N) is 1. The maximum Gasteiger partial charge on any atom is 0.251 e. The Kier molecular flexibility index (Phi) is 5.34. The van der Waals surface area contributed by atoms with Crippen molar-refractivity contribution in [3.05, 3.63) is 50.4 Å². The molecule has 0 bridgehead atoms. The van der Waals surface area contributed by atoms with Crippen LogP contribution in [0.15, 0.2) is 23.6 Å². The summed E-state index contributed by atoms with van der Waals surface area (Å²) < 4.78 is 0. The topological polar surface area (TPSA) is 68.0 Å². The molecule has 4 nitrogen and oxygen atoms in total. The van der Waals surface area contributed by atoms with Crippen LogP contribution in [0.1, 0.15) is 26.6 Å². The van der Waals surface area contributed by atoms with E-state index in [1.165, 1.54) is 11.3 Å². The maximum absolute atomic E-state index is 12.1. The number of benzene rings is 1. The van der Waals surface area contributed by atoms with Crippen molar-refractivity contribution in [2.75, 3.05) is 6.54 Å². The van der Waals surface area contributed by atoms with Gasteiger partial charge in [0.25, 0.3) is 5.91 Å². The van der Waals surface area contributed by atoms with Crippen LogP contribution in [0.5, 0.6) is 0 Å². The van der Waals surface area contributed by atoms with Crippen molar-refractivity contribution in [1.29, 1.82) is 0 Å². The fourth-order valence-electron chi connectivity index (χ4n) is 1.65. The molecule has 0 aliphatic rings. The van der Waals surface area contributed by atoms with Crippen LogP contribution in [0.25, 0.3) is 0 Å². The maximum atomic E-state index is 12.1. The predicted molar refractivity (Wildman–Crippen MR) is 85.4 cm³/mol. The monoisotopic (exact) mass is 319 g/mol. The van der Waals surface area contributed by atoms with Crippen molar-refractivity contribution in [2.45, 2.75) is 13.5 Å². The largest absolute Gasteiger partial charge is 0.346 e. The smallest absolute Gasteiger partial charge is 0.251 e. The van der Waals surface area contributed by atoms with E-state index in [2.05, 4.69) is 22.1 Å². The Bertz CT molecular complexity index is 715. The van der Waals surface area contributed by atoms with Gasteiger partial charge in [-0.15, -0.1) is 11.3 Å². The Morgan fingerprint density at radius 2 is 2.33 bits per heavy atom. The van der Waals surface area contributed by atoms with E-state index in [9.17, 15) is 4.79 Å². The molecular formula is C15H14ClN3OS. The van der Waals surface area contributed by atoms with E-state index < -0.39 is 0 Å². The van der Waals surface area contributed by atoms with Crippen molar-refractivity contribution >= 4 is 28.8 Å². The molecule has 0 atom stereocenters. The summed E-state index contributed by atoms with van der Waals surface area (Å²) in [5.74, 6) is 5.39. The molecule has 0 saturated carbocycles. The number of hydrogen-bond acceptors (Lipinski definition) is 4. The predicted octanol–water partition coefficient (Wildman–Crippen LogP) is 2.35. The summed E-state index contributed by atoms with van der Waals surface area (Å²) in [6, 6.07) is 5.01. The van der Waals surface area contributed by atoms with Gasteiger partial charge in [-0.3, -0.25) is 4.79 Å². The Morgan fingerprint density at radius 3 is 2.95 bits per heavy atom. The first-order chi connectivity index (χ1) is 10.1. The quantitative estimate of drug-likeness (QED) is 0.853. The minimum absolute atomic E-state index is 0.192. The summed E-state index contributed by atoms with van der Waals surface area (Å²) in [5.41, 5.74) is 7.42. The first kappa shape index (κ1) is 15.5. The van der Waals surface area contributed by atoms with Crippen molar-refractivity contribution < 1.29 is 4.79 Å². The molecule has 0 aliphatic heterocycles. The van der Waals surface area contributed by atoms with Gasteiger partial charge in [0, 0.05) is 22.2 Å². The number of aryl methyl sites for hydroxylation is 1. The second kappa shape index (κ2) is 7.23. The van der Waals surface area contributed by atoms with E-state index in [-0.39, 0.29) is 12.5 Å². The number of carbonyl (C=O) groups is 1. The molecule has 0 spiro atoms. The minimum atomic E-state index is -0.192. The van der Waals surface area contributed by atoms with Gasteiger partial charge < -0.3 is 11.1 Å². The highest BCUT2D eigenvalue weighted by Gasteiger charge is 2.08. The second-order valence-electron chi connectivity index (χ2n) is 4.27. The second-order valence-corrected chi connectivity index (χ2v) is 5.62. The molecule has 0 fully saturated rings. The zero-order valence-corrected chi connectivity index (χ0v) is 13.0. The van der Waals surface area contributed by atoms with Gasteiger partial charge >= 0.3 is 0 Å². The van der Waals surface area contributed by atoms with Crippen molar-refractivity contribution in [2.24, 2.45) is 5.73 Å². The molecule has 0 radical (unpaired) electrons. The SMILES string of the molecule is Cc1csc(CNC(=O)c2ccc(C#CCN)c(Cl)c2)n1. The van der Waals surface area contributed by atoms with Crippen molar-refractivity contribution in [3.63, 3.8) is 0 Å². The highest BCUT2D eigenvalue weighted by molar-refractivity contribution is 7.09.